The number of para-hydroxylation sites is 1. The van der Waals surface area contributed by atoms with E-state index in [2.05, 4.69) is 5.32 Å². The predicted molar refractivity (Wildman–Crippen MR) is 89.6 cm³/mol. The third-order valence-electron chi connectivity index (χ3n) is 3.74. The van der Waals surface area contributed by atoms with E-state index in [4.69, 9.17) is 5.73 Å². The van der Waals surface area contributed by atoms with Crippen molar-refractivity contribution in [3.8, 4) is 5.75 Å². The minimum atomic E-state index is -0.712. The highest BCUT2D eigenvalue weighted by atomic mass is 19.1. The molecule has 126 valence electrons. The summed E-state index contributed by atoms with van der Waals surface area (Å²) in [5.74, 6) is -2.18. The quantitative estimate of drug-likeness (QED) is 0.580. The largest absolute Gasteiger partial charge is 0.507 e. The number of carbonyl (C=O) groups excluding carboxylic acids is 2. The Labute approximate surface area is 139 Å². The number of nitrogen functional groups attached to an aromatic ring is 1. The van der Waals surface area contributed by atoms with Crippen molar-refractivity contribution in [2.45, 2.75) is 26.3 Å². The molecule has 6 heteroatoms. The number of halogens is 1. The zero-order chi connectivity index (χ0) is 17.9. The SMILES string of the molecule is CCC(C)NC(=O)c1cc(F)cc(N)c1C(=O)c1ccccc1O. The predicted octanol–water partition coefficient (Wildman–Crippen LogP) is 2.87. The van der Waals surface area contributed by atoms with Crippen LogP contribution in [0.5, 0.6) is 5.75 Å². The molecular formula is C18H19FN2O3. The molecule has 5 nitrogen and oxygen atoms in total. The Kier molecular flexibility index (Phi) is 5.18. The Balaban J connectivity index is 2.55. The van der Waals surface area contributed by atoms with Crippen LogP contribution < -0.4 is 11.1 Å². The normalized spacial score (nSPS) is 11.8. The van der Waals surface area contributed by atoms with Crippen LogP contribution >= 0.6 is 0 Å². The van der Waals surface area contributed by atoms with Crippen molar-refractivity contribution in [1.82, 2.24) is 5.32 Å². The average Bonchev–Trinajstić information content (AvgIpc) is 2.53. The Bertz CT molecular complexity index is 790. The molecule has 0 aromatic heterocycles. The summed E-state index contributed by atoms with van der Waals surface area (Å²) in [4.78, 5) is 25.1. The van der Waals surface area contributed by atoms with E-state index in [0.29, 0.717) is 6.42 Å². The van der Waals surface area contributed by atoms with Crippen molar-refractivity contribution in [2.24, 2.45) is 0 Å². The van der Waals surface area contributed by atoms with Gasteiger partial charge in [0.05, 0.1) is 16.7 Å². The van der Waals surface area contributed by atoms with Gasteiger partial charge in [0.2, 0.25) is 0 Å². The van der Waals surface area contributed by atoms with Crippen molar-refractivity contribution in [1.29, 1.82) is 0 Å². The molecular weight excluding hydrogens is 311 g/mol. The summed E-state index contributed by atoms with van der Waals surface area (Å²) in [7, 11) is 0. The van der Waals surface area contributed by atoms with Gasteiger partial charge < -0.3 is 16.2 Å². The summed E-state index contributed by atoms with van der Waals surface area (Å²) >= 11 is 0. The van der Waals surface area contributed by atoms with Crippen molar-refractivity contribution in [3.63, 3.8) is 0 Å². The van der Waals surface area contributed by atoms with Crippen molar-refractivity contribution >= 4 is 17.4 Å². The third-order valence-corrected chi connectivity index (χ3v) is 3.74. The second-order valence-electron chi connectivity index (χ2n) is 5.55. The first-order valence-electron chi connectivity index (χ1n) is 7.57. The van der Waals surface area contributed by atoms with Gasteiger partial charge in [0.25, 0.3) is 5.91 Å². The number of aromatic hydroxyl groups is 1. The lowest BCUT2D eigenvalue weighted by Gasteiger charge is -2.15. The number of carbonyl (C=O) groups is 2. The summed E-state index contributed by atoms with van der Waals surface area (Å²) < 4.78 is 13.7. The highest BCUT2D eigenvalue weighted by molar-refractivity contribution is 6.19. The number of ketones is 1. The number of phenolic OH excluding ortho intramolecular Hbond substituents is 1. The lowest BCUT2D eigenvalue weighted by Crippen LogP contribution is -2.33. The van der Waals surface area contributed by atoms with E-state index in [0.717, 1.165) is 12.1 Å². The standard InChI is InChI=1S/C18H19FN2O3/c1-3-10(2)21-18(24)13-8-11(19)9-14(20)16(13)17(23)12-6-4-5-7-15(12)22/h4-10,22H,3,20H2,1-2H3,(H,21,24). The number of phenols is 1. The molecule has 2 aromatic carbocycles. The molecule has 0 aliphatic heterocycles. The van der Waals surface area contributed by atoms with Crippen LogP contribution in [0.25, 0.3) is 0 Å². The van der Waals surface area contributed by atoms with E-state index < -0.39 is 17.5 Å². The summed E-state index contributed by atoms with van der Waals surface area (Å²) in [5, 5.41) is 12.6. The minimum absolute atomic E-state index is 0.00611. The number of amides is 1. The first-order chi connectivity index (χ1) is 11.3. The minimum Gasteiger partial charge on any atom is -0.507 e. The number of anilines is 1. The number of nitrogens with two attached hydrogens (primary N) is 1. The van der Waals surface area contributed by atoms with Crippen LogP contribution in [0.15, 0.2) is 36.4 Å². The highest BCUT2D eigenvalue weighted by Crippen LogP contribution is 2.27. The fourth-order valence-electron chi connectivity index (χ4n) is 2.26. The lowest BCUT2D eigenvalue weighted by atomic mass is 9.95. The van der Waals surface area contributed by atoms with E-state index in [1.54, 1.807) is 19.1 Å². The molecule has 0 aliphatic carbocycles. The Morgan fingerprint density at radius 1 is 1.25 bits per heavy atom. The molecule has 0 radical (unpaired) electrons. The first kappa shape index (κ1) is 17.5. The first-order valence-corrected chi connectivity index (χ1v) is 7.57. The van der Waals surface area contributed by atoms with Gasteiger partial charge in [0, 0.05) is 11.7 Å². The van der Waals surface area contributed by atoms with Gasteiger partial charge in [-0.25, -0.2) is 4.39 Å². The molecule has 1 atom stereocenters. The molecule has 0 saturated carbocycles. The third kappa shape index (κ3) is 3.53. The summed E-state index contributed by atoms with van der Waals surface area (Å²) in [5.41, 5.74) is 5.35. The van der Waals surface area contributed by atoms with Gasteiger partial charge in [-0.15, -0.1) is 0 Å². The topological polar surface area (TPSA) is 92.4 Å². The highest BCUT2D eigenvalue weighted by Gasteiger charge is 2.24. The molecule has 4 N–H and O–H groups in total. The van der Waals surface area contributed by atoms with E-state index >= 15 is 0 Å². The summed E-state index contributed by atoms with van der Waals surface area (Å²) in [6, 6.07) is 7.72. The van der Waals surface area contributed by atoms with Crippen molar-refractivity contribution in [3.05, 3.63) is 58.9 Å². The van der Waals surface area contributed by atoms with Gasteiger partial charge in [0.1, 0.15) is 11.6 Å². The molecule has 1 unspecified atom stereocenters. The molecule has 0 spiro atoms. The molecule has 2 rings (SSSR count). The molecule has 0 aliphatic rings. The van der Waals surface area contributed by atoms with Gasteiger partial charge in [-0.1, -0.05) is 19.1 Å². The molecule has 0 heterocycles. The molecule has 24 heavy (non-hydrogen) atoms. The zero-order valence-corrected chi connectivity index (χ0v) is 13.5. The second kappa shape index (κ2) is 7.12. The van der Waals surface area contributed by atoms with E-state index in [9.17, 15) is 19.1 Å². The Morgan fingerprint density at radius 2 is 1.92 bits per heavy atom. The van der Waals surface area contributed by atoms with E-state index in [1.807, 2.05) is 6.92 Å². The second-order valence-corrected chi connectivity index (χ2v) is 5.55. The number of benzene rings is 2. The van der Waals surface area contributed by atoms with Gasteiger partial charge in [0.15, 0.2) is 5.78 Å². The van der Waals surface area contributed by atoms with Crippen LogP contribution in [-0.2, 0) is 0 Å². The summed E-state index contributed by atoms with van der Waals surface area (Å²) in [6.45, 7) is 3.68. The monoisotopic (exact) mass is 330 g/mol. The van der Waals surface area contributed by atoms with Gasteiger partial charge in [-0.2, -0.15) is 0 Å². The number of hydrogen-bond acceptors (Lipinski definition) is 4. The number of hydrogen-bond donors (Lipinski definition) is 3. The maximum Gasteiger partial charge on any atom is 0.252 e. The lowest BCUT2D eigenvalue weighted by molar-refractivity contribution is 0.0928. The maximum atomic E-state index is 13.7. The molecule has 0 saturated heterocycles. The van der Waals surface area contributed by atoms with Crippen LogP contribution in [0.2, 0.25) is 0 Å². The Morgan fingerprint density at radius 3 is 2.54 bits per heavy atom. The van der Waals surface area contributed by atoms with Crippen LogP contribution in [0.4, 0.5) is 10.1 Å². The van der Waals surface area contributed by atoms with E-state index in [-0.39, 0.29) is 34.2 Å². The maximum absolute atomic E-state index is 13.7. The smallest absolute Gasteiger partial charge is 0.252 e. The van der Waals surface area contributed by atoms with Gasteiger partial charge in [-0.3, -0.25) is 9.59 Å². The fraction of sp³-hybridized carbons (Fsp3) is 0.222. The van der Waals surface area contributed by atoms with Gasteiger partial charge in [-0.05, 0) is 37.6 Å². The van der Waals surface area contributed by atoms with Crippen LogP contribution in [0, 0.1) is 5.82 Å². The molecule has 0 fully saturated rings. The Hall–Kier alpha value is -2.89. The summed E-state index contributed by atoms with van der Waals surface area (Å²) in [6.07, 6.45) is 0.680. The van der Waals surface area contributed by atoms with Crippen molar-refractivity contribution < 1.29 is 19.1 Å². The fourth-order valence-corrected chi connectivity index (χ4v) is 2.26. The number of rotatable bonds is 5. The average molecular weight is 330 g/mol. The zero-order valence-electron chi connectivity index (χ0n) is 13.5. The van der Waals surface area contributed by atoms with E-state index in [1.165, 1.54) is 12.1 Å². The molecule has 0 bridgehead atoms. The van der Waals surface area contributed by atoms with Crippen LogP contribution in [0.3, 0.4) is 0 Å². The molecule has 1 amide bonds. The van der Waals surface area contributed by atoms with Crippen molar-refractivity contribution in [2.75, 3.05) is 5.73 Å². The van der Waals surface area contributed by atoms with Gasteiger partial charge >= 0.3 is 0 Å². The van der Waals surface area contributed by atoms with Crippen LogP contribution in [0.1, 0.15) is 46.5 Å². The number of nitrogens with one attached hydrogen (secondary N) is 1. The van der Waals surface area contributed by atoms with Crippen LogP contribution in [-0.4, -0.2) is 22.8 Å². The molecule has 2 aromatic rings.